The van der Waals surface area contributed by atoms with E-state index in [0.29, 0.717) is 11.6 Å². The Morgan fingerprint density at radius 3 is 2.94 bits per heavy atom. The quantitative estimate of drug-likeness (QED) is 0.596. The molecular formula is C11H14N4O. The first-order valence-corrected chi connectivity index (χ1v) is 5.53. The van der Waals surface area contributed by atoms with Crippen molar-refractivity contribution in [3.8, 4) is 0 Å². The summed E-state index contributed by atoms with van der Waals surface area (Å²) in [4.78, 5) is 4.32. The predicted molar refractivity (Wildman–Crippen MR) is 60.9 cm³/mol. The Morgan fingerprint density at radius 1 is 1.50 bits per heavy atom. The molecule has 0 amide bonds. The zero-order valence-electron chi connectivity index (χ0n) is 9.16. The van der Waals surface area contributed by atoms with Crippen molar-refractivity contribution >= 4 is 16.8 Å². The molecule has 16 heavy (non-hydrogen) atoms. The summed E-state index contributed by atoms with van der Waals surface area (Å²) in [7, 11) is 0. The van der Waals surface area contributed by atoms with E-state index in [-0.39, 0.29) is 0 Å². The molecule has 3 N–H and O–H groups in total. The number of hydrogen-bond acceptors (Lipinski definition) is 5. The Kier molecular flexibility index (Phi) is 2.07. The lowest BCUT2D eigenvalue weighted by Gasteiger charge is -2.23. The van der Waals surface area contributed by atoms with Crippen molar-refractivity contribution in [2.24, 2.45) is 5.84 Å². The van der Waals surface area contributed by atoms with Gasteiger partial charge in [-0.05, 0) is 25.8 Å². The summed E-state index contributed by atoms with van der Waals surface area (Å²) >= 11 is 0. The standard InChI is InChI=1S/C11H14N4O/c1-6-5-8(14-12)9-10(7-3-2-4-7)15-16-11(9)13-6/h5,7H,2-4,12H2,1H3,(H,13,14). The molecule has 84 valence electrons. The van der Waals surface area contributed by atoms with Crippen molar-refractivity contribution in [1.29, 1.82) is 0 Å². The van der Waals surface area contributed by atoms with Crippen LogP contribution in [0.2, 0.25) is 0 Å². The summed E-state index contributed by atoms with van der Waals surface area (Å²) < 4.78 is 5.27. The molecule has 0 aliphatic heterocycles. The van der Waals surface area contributed by atoms with Gasteiger partial charge in [-0.3, -0.25) is 5.84 Å². The number of aromatic nitrogens is 2. The van der Waals surface area contributed by atoms with Crippen molar-refractivity contribution in [2.75, 3.05) is 5.43 Å². The maximum absolute atomic E-state index is 5.53. The molecule has 0 unspecified atom stereocenters. The molecule has 1 fully saturated rings. The topological polar surface area (TPSA) is 77.0 Å². The van der Waals surface area contributed by atoms with Gasteiger partial charge in [-0.1, -0.05) is 11.6 Å². The van der Waals surface area contributed by atoms with Crippen LogP contribution in [0, 0.1) is 6.92 Å². The van der Waals surface area contributed by atoms with E-state index in [1.807, 2.05) is 13.0 Å². The van der Waals surface area contributed by atoms with E-state index in [1.165, 1.54) is 19.3 Å². The van der Waals surface area contributed by atoms with Gasteiger partial charge in [0.2, 0.25) is 0 Å². The zero-order chi connectivity index (χ0) is 11.1. The summed E-state index contributed by atoms with van der Waals surface area (Å²) in [6.07, 6.45) is 3.63. The van der Waals surface area contributed by atoms with Crippen LogP contribution in [0.5, 0.6) is 0 Å². The van der Waals surface area contributed by atoms with Crippen LogP contribution in [0.4, 0.5) is 5.69 Å². The number of anilines is 1. The Balaban J connectivity index is 2.22. The van der Waals surface area contributed by atoms with Crippen molar-refractivity contribution in [3.05, 3.63) is 17.5 Å². The molecule has 2 aromatic rings. The van der Waals surface area contributed by atoms with Crippen LogP contribution in [0.25, 0.3) is 11.1 Å². The highest BCUT2D eigenvalue weighted by molar-refractivity contribution is 5.90. The molecule has 1 aliphatic carbocycles. The minimum absolute atomic E-state index is 0.512. The van der Waals surface area contributed by atoms with Gasteiger partial charge in [0.25, 0.3) is 5.71 Å². The van der Waals surface area contributed by atoms with Gasteiger partial charge in [0, 0.05) is 11.6 Å². The highest BCUT2D eigenvalue weighted by Crippen LogP contribution is 2.40. The summed E-state index contributed by atoms with van der Waals surface area (Å²) in [6, 6.07) is 1.92. The first-order valence-electron chi connectivity index (χ1n) is 5.53. The molecule has 0 bridgehead atoms. The van der Waals surface area contributed by atoms with Crippen LogP contribution < -0.4 is 11.3 Å². The molecule has 0 radical (unpaired) electrons. The third-order valence-electron chi connectivity index (χ3n) is 3.25. The molecule has 2 heterocycles. The number of aryl methyl sites for hydroxylation is 1. The Bertz CT molecular complexity index is 530. The number of rotatable bonds is 2. The van der Waals surface area contributed by atoms with Crippen molar-refractivity contribution in [2.45, 2.75) is 32.1 Å². The van der Waals surface area contributed by atoms with E-state index in [0.717, 1.165) is 22.5 Å². The summed E-state index contributed by atoms with van der Waals surface area (Å²) in [5.41, 5.74) is 6.00. The SMILES string of the molecule is Cc1cc(NN)c2c(C3CCC3)noc2n1. The Morgan fingerprint density at radius 2 is 2.31 bits per heavy atom. The average Bonchev–Trinajstić information content (AvgIpc) is 2.58. The number of nitrogen functional groups attached to an aromatic ring is 1. The maximum Gasteiger partial charge on any atom is 0.260 e. The first kappa shape index (κ1) is 9.59. The molecular weight excluding hydrogens is 204 g/mol. The largest absolute Gasteiger partial charge is 0.335 e. The van der Waals surface area contributed by atoms with Crippen LogP contribution in [-0.4, -0.2) is 10.1 Å². The second kappa shape index (κ2) is 3.45. The molecule has 0 aromatic carbocycles. The lowest BCUT2D eigenvalue weighted by molar-refractivity contribution is 0.373. The van der Waals surface area contributed by atoms with Crippen LogP contribution in [0.15, 0.2) is 10.6 Å². The zero-order valence-corrected chi connectivity index (χ0v) is 9.16. The number of fused-ring (bicyclic) bond motifs is 1. The van der Waals surface area contributed by atoms with Gasteiger partial charge >= 0.3 is 0 Å². The smallest absolute Gasteiger partial charge is 0.260 e. The molecule has 2 aromatic heterocycles. The van der Waals surface area contributed by atoms with Crippen molar-refractivity contribution in [1.82, 2.24) is 10.1 Å². The summed E-state index contributed by atoms with van der Waals surface area (Å²) in [5.74, 6) is 6.04. The summed E-state index contributed by atoms with van der Waals surface area (Å²) in [6.45, 7) is 1.91. The van der Waals surface area contributed by atoms with E-state index in [4.69, 9.17) is 10.4 Å². The highest BCUT2D eigenvalue weighted by Gasteiger charge is 2.27. The molecule has 1 saturated carbocycles. The van der Waals surface area contributed by atoms with E-state index in [2.05, 4.69) is 15.6 Å². The summed E-state index contributed by atoms with van der Waals surface area (Å²) in [5, 5.41) is 5.08. The molecule has 0 spiro atoms. The van der Waals surface area contributed by atoms with Gasteiger partial charge in [-0.2, -0.15) is 0 Å². The number of pyridine rings is 1. The second-order valence-corrected chi connectivity index (χ2v) is 4.33. The monoisotopic (exact) mass is 218 g/mol. The molecule has 3 rings (SSSR count). The lowest BCUT2D eigenvalue weighted by atomic mass is 9.82. The minimum Gasteiger partial charge on any atom is -0.335 e. The average molecular weight is 218 g/mol. The fourth-order valence-electron chi connectivity index (χ4n) is 2.17. The second-order valence-electron chi connectivity index (χ2n) is 4.33. The molecule has 5 heteroatoms. The van der Waals surface area contributed by atoms with E-state index < -0.39 is 0 Å². The van der Waals surface area contributed by atoms with Crippen LogP contribution >= 0.6 is 0 Å². The Hall–Kier alpha value is -1.62. The number of hydrogen-bond donors (Lipinski definition) is 2. The Labute approximate surface area is 93.0 Å². The van der Waals surface area contributed by atoms with E-state index >= 15 is 0 Å². The fraction of sp³-hybridized carbons (Fsp3) is 0.455. The van der Waals surface area contributed by atoms with Gasteiger partial charge < -0.3 is 9.95 Å². The lowest BCUT2D eigenvalue weighted by Crippen LogP contribution is -2.12. The number of nitrogens with two attached hydrogens (primary N) is 1. The van der Waals surface area contributed by atoms with Gasteiger partial charge in [0.1, 0.15) is 0 Å². The van der Waals surface area contributed by atoms with Crippen LogP contribution in [-0.2, 0) is 0 Å². The van der Waals surface area contributed by atoms with E-state index in [9.17, 15) is 0 Å². The van der Waals surface area contributed by atoms with Crippen LogP contribution in [0.1, 0.15) is 36.6 Å². The molecule has 0 atom stereocenters. The van der Waals surface area contributed by atoms with Gasteiger partial charge in [0.15, 0.2) is 0 Å². The van der Waals surface area contributed by atoms with Gasteiger partial charge in [-0.25, -0.2) is 4.98 Å². The molecule has 1 aliphatic rings. The highest BCUT2D eigenvalue weighted by atomic mass is 16.5. The number of nitrogens with one attached hydrogen (secondary N) is 1. The fourth-order valence-corrected chi connectivity index (χ4v) is 2.17. The predicted octanol–water partition coefficient (Wildman–Crippen LogP) is 2.08. The third kappa shape index (κ3) is 1.28. The van der Waals surface area contributed by atoms with Crippen molar-refractivity contribution < 1.29 is 4.52 Å². The molecule has 0 saturated heterocycles. The van der Waals surface area contributed by atoms with E-state index in [1.54, 1.807) is 0 Å². The molecule has 5 nitrogen and oxygen atoms in total. The number of nitrogens with zero attached hydrogens (tertiary/aromatic N) is 2. The third-order valence-corrected chi connectivity index (χ3v) is 3.25. The normalized spacial score (nSPS) is 16.4. The van der Waals surface area contributed by atoms with Crippen LogP contribution in [0.3, 0.4) is 0 Å². The number of hydrazine groups is 1. The first-order chi connectivity index (χ1) is 7.79. The minimum atomic E-state index is 0.512. The van der Waals surface area contributed by atoms with Crippen molar-refractivity contribution in [3.63, 3.8) is 0 Å². The maximum atomic E-state index is 5.53. The van der Waals surface area contributed by atoms with Gasteiger partial charge in [-0.15, -0.1) is 0 Å². The van der Waals surface area contributed by atoms with Gasteiger partial charge in [0.05, 0.1) is 16.8 Å².